The van der Waals surface area contributed by atoms with E-state index in [0.29, 0.717) is 18.2 Å². The Labute approximate surface area is 63.7 Å². The van der Waals surface area contributed by atoms with Crippen LogP contribution in [0.25, 0.3) is 0 Å². The fraction of sp³-hybridized carbons (Fsp3) is 0.250. The van der Waals surface area contributed by atoms with Crippen molar-refractivity contribution in [3.8, 4) is 0 Å². The molecule has 0 N–H and O–H groups in total. The second-order valence-corrected chi connectivity index (χ2v) is 1.59. The summed E-state index contributed by atoms with van der Waals surface area (Å²) < 4.78 is 35.8. The molecule has 0 bridgehead atoms. The Hall–Kier alpha value is -0.990. The third kappa shape index (κ3) is 3.65. The van der Waals surface area contributed by atoms with Crippen LogP contribution in [0.15, 0.2) is 18.2 Å². The summed E-state index contributed by atoms with van der Waals surface area (Å²) in [6, 6.07) is 1.84. The fourth-order valence-electron chi connectivity index (χ4n) is 0.520. The van der Waals surface area contributed by atoms with E-state index in [0.717, 1.165) is 0 Å². The Morgan fingerprint density at radius 1 is 0.727 bits per heavy atom. The highest BCUT2D eigenvalue weighted by Gasteiger charge is 1.96. The number of hydrogen-bond donors (Lipinski definition) is 0. The molecule has 0 radical (unpaired) electrons. The van der Waals surface area contributed by atoms with Gasteiger partial charge in [-0.2, -0.15) is 0 Å². The highest BCUT2D eigenvalue weighted by atomic mass is 19.1. The molecular weight excluding hydrogens is 153 g/mol. The monoisotopic (exact) mass is 162 g/mol. The van der Waals surface area contributed by atoms with Gasteiger partial charge in [-0.1, -0.05) is 13.8 Å². The van der Waals surface area contributed by atoms with E-state index in [2.05, 4.69) is 0 Å². The molecule has 1 rings (SSSR count). The fourth-order valence-corrected chi connectivity index (χ4v) is 0.520. The van der Waals surface area contributed by atoms with Crippen LogP contribution in [-0.2, 0) is 0 Å². The second kappa shape index (κ2) is 4.77. The average molecular weight is 162 g/mol. The minimum atomic E-state index is -0.896. The second-order valence-electron chi connectivity index (χ2n) is 1.59. The molecule has 0 aromatic heterocycles. The summed E-state index contributed by atoms with van der Waals surface area (Å²) in [6.07, 6.45) is 0. The number of benzene rings is 1. The zero-order valence-electron chi connectivity index (χ0n) is 6.37. The smallest absolute Gasteiger partial charge is 0.129 e. The van der Waals surface area contributed by atoms with Gasteiger partial charge in [0.2, 0.25) is 0 Å². The summed E-state index contributed by atoms with van der Waals surface area (Å²) in [5, 5.41) is 0. The van der Waals surface area contributed by atoms with Crippen LogP contribution in [-0.4, -0.2) is 0 Å². The van der Waals surface area contributed by atoms with Crippen LogP contribution in [0.4, 0.5) is 13.2 Å². The molecule has 62 valence electrons. The molecule has 0 unspecified atom stereocenters. The Kier molecular flexibility index (Phi) is 4.34. The zero-order valence-corrected chi connectivity index (χ0v) is 6.37. The van der Waals surface area contributed by atoms with E-state index >= 15 is 0 Å². The Bertz CT molecular complexity index is 170. The van der Waals surface area contributed by atoms with Gasteiger partial charge < -0.3 is 0 Å². The largest absolute Gasteiger partial charge is 0.207 e. The van der Waals surface area contributed by atoms with Gasteiger partial charge >= 0.3 is 0 Å². The minimum absolute atomic E-state index is 0.614. The van der Waals surface area contributed by atoms with Crippen LogP contribution in [0.3, 0.4) is 0 Å². The van der Waals surface area contributed by atoms with Gasteiger partial charge in [0, 0.05) is 18.2 Å². The van der Waals surface area contributed by atoms with Crippen LogP contribution in [0.1, 0.15) is 13.8 Å². The molecule has 0 spiro atoms. The normalized spacial score (nSPS) is 8.45. The van der Waals surface area contributed by atoms with Gasteiger partial charge in [-0.15, -0.1) is 0 Å². The predicted molar refractivity (Wildman–Crippen MR) is 37.7 cm³/mol. The van der Waals surface area contributed by atoms with E-state index in [-0.39, 0.29) is 0 Å². The highest BCUT2D eigenvalue weighted by Crippen LogP contribution is 2.04. The Morgan fingerprint density at radius 2 is 0.909 bits per heavy atom. The van der Waals surface area contributed by atoms with Crippen LogP contribution in [0.5, 0.6) is 0 Å². The summed E-state index contributed by atoms with van der Waals surface area (Å²) in [6.45, 7) is 4.00. The van der Waals surface area contributed by atoms with Crippen molar-refractivity contribution in [2.24, 2.45) is 0 Å². The molecular formula is C8H9F3. The summed E-state index contributed by atoms with van der Waals surface area (Å²) in [5.74, 6) is -2.69. The maximum atomic E-state index is 11.9. The lowest BCUT2D eigenvalue weighted by molar-refractivity contribution is 0.543. The third-order valence-corrected chi connectivity index (χ3v) is 0.827. The van der Waals surface area contributed by atoms with Crippen LogP contribution >= 0.6 is 0 Å². The third-order valence-electron chi connectivity index (χ3n) is 0.827. The lowest BCUT2D eigenvalue weighted by atomic mass is 10.3. The van der Waals surface area contributed by atoms with Crippen LogP contribution in [0, 0.1) is 17.5 Å². The summed E-state index contributed by atoms with van der Waals surface area (Å²) in [7, 11) is 0. The highest BCUT2D eigenvalue weighted by molar-refractivity contribution is 5.07. The molecule has 0 aliphatic carbocycles. The first-order valence-corrected chi connectivity index (χ1v) is 3.30. The van der Waals surface area contributed by atoms with Gasteiger partial charge in [-0.05, 0) is 0 Å². The first kappa shape index (κ1) is 10.0. The van der Waals surface area contributed by atoms with Crippen molar-refractivity contribution >= 4 is 0 Å². The molecule has 0 nitrogen and oxygen atoms in total. The van der Waals surface area contributed by atoms with E-state index < -0.39 is 17.5 Å². The molecule has 0 atom stereocenters. The quantitative estimate of drug-likeness (QED) is 0.549. The SMILES string of the molecule is CC.Fc1cc(F)cc(F)c1. The van der Waals surface area contributed by atoms with Gasteiger partial charge in [0.15, 0.2) is 0 Å². The number of halogens is 3. The predicted octanol–water partition coefficient (Wildman–Crippen LogP) is 3.13. The molecule has 0 amide bonds. The maximum Gasteiger partial charge on any atom is 0.129 e. The topological polar surface area (TPSA) is 0 Å². The number of hydrogen-bond acceptors (Lipinski definition) is 0. The summed E-state index contributed by atoms with van der Waals surface area (Å²) >= 11 is 0. The first-order chi connectivity index (χ1) is 5.18. The molecule has 0 fully saturated rings. The Morgan fingerprint density at radius 3 is 1.09 bits per heavy atom. The van der Waals surface area contributed by atoms with Crippen molar-refractivity contribution in [2.45, 2.75) is 13.8 Å². The van der Waals surface area contributed by atoms with Crippen molar-refractivity contribution < 1.29 is 13.2 Å². The molecule has 0 aliphatic rings. The van der Waals surface area contributed by atoms with Crippen LogP contribution < -0.4 is 0 Å². The molecule has 0 saturated heterocycles. The van der Waals surface area contributed by atoms with Gasteiger partial charge in [-0.3, -0.25) is 0 Å². The van der Waals surface area contributed by atoms with Crippen molar-refractivity contribution in [1.82, 2.24) is 0 Å². The number of rotatable bonds is 0. The molecule has 0 saturated carbocycles. The molecule has 0 aliphatic heterocycles. The van der Waals surface area contributed by atoms with Crippen molar-refractivity contribution in [1.29, 1.82) is 0 Å². The van der Waals surface area contributed by atoms with E-state index in [1.54, 1.807) is 0 Å². The lowest BCUT2D eigenvalue weighted by Crippen LogP contribution is -1.81. The van der Waals surface area contributed by atoms with E-state index in [1.165, 1.54) is 0 Å². The minimum Gasteiger partial charge on any atom is -0.207 e. The Balaban J connectivity index is 0.000000461. The molecule has 1 aromatic carbocycles. The molecule has 3 heteroatoms. The summed E-state index contributed by atoms with van der Waals surface area (Å²) in [5.41, 5.74) is 0. The zero-order chi connectivity index (χ0) is 8.85. The molecule has 0 heterocycles. The van der Waals surface area contributed by atoms with Gasteiger partial charge in [0.05, 0.1) is 0 Å². The van der Waals surface area contributed by atoms with Crippen molar-refractivity contribution in [3.63, 3.8) is 0 Å². The van der Waals surface area contributed by atoms with Crippen molar-refractivity contribution in [2.75, 3.05) is 0 Å². The standard InChI is InChI=1S/C6H3F3.C2H6/c7-4-1-5(8)3-6(9)2-4;1-2/h1-3H;1-2H3. The van der Waals surface area contributed by atoms with E-state index in [9.17, 15) is 13.2 Å². The van der Waals surface area contributed by atoms with Gasteiger partial charge in [0.1, 0.15) is 17.5 Å². The van der Waals surface area contributed by atoms with Gasteiger partial charge in [0.25, 0.3) is 0 Å². The van der Waals surface area contributed by atoms with E-state index in [4.69, 9.17) is 0 Å². The molecule has 1 aromatic rings. The van der Waals surface area contributed by atoms with Crippen LogP contribution in [0.2, 0.25) is 0 Å². The van der Waals surface area contributed by atoms with Crippen molar-refractivity contribution in [3.05, 3.63) is 35.7 Å². The molecule has 11 heavy (non-hydrogen) atoms. The average Bonchev–Trinajstić information content (AvgIpc) is 1.88. The summed E-state index contributed by atoms with van der Waals surface area (Å²) in [4.78, 5) is 0. The maximum absolute atomic E-state index is 11.9. The first-order valence-electron chi connectivity index (χ1n) is 3.30. The lowest BCUT2D eigenvalue weighted by Gasteiger charge is -1.88. The van der Waals surface area contributed by atoms with Gasteiger partial charge in [-0.25, -0.2) is 13.2 Å². The van der Waals surface area contributed by atoms with E-state index in [1.807, 2.05) is 13.8 Å².